The van der Waals surface area contributed by atoms with E-state index in [0.29, 0.717) is 10.6 Å². The molecule has 2 unspecified atom stereocenters. The maximum absolute atomic E-state index is 11.7. The Balaban J connectivity index is 2.84. The molecule has 8 heteroatoms. The van der Waals surface area contributed by atoms with Crippen LogP contribution in [0.3, 0.4) is 0 Å². The number of hydrogen-bond donors (Lipinski definition) is 3. The number of aliphatic hydroxyl groups is 1. The third-order valence-corrected chi connectivity index (χ3v) is 3.68. The van der Waals surface area contributed by atoms with Crippen LogP contribution in [0.15, 0.2) is 29.7 Å². The van der Waals surface area contributed by atoms with E-state index in [0.717, 1.165) is 5.41 Å². The number of aliphatic carboxylic acids is 1. The highest BCUT2D eigenvalue weighted by atomic mass is 35.5. The lowest BCUT2D eigenvalue weighted by molar-refractivity contribution is -0.141. The number of carboxylic acid groups (broad SMARTS) is 1. The standard InChI is InChI=1S/C12H14ClNO5S/c1-8(15)11(12(16)17)14-20(18,19)7-6-9-2-4-10(13)5-3-9/h2-8,11,14-15H,1H3,(H,16,17)/b7-6+. The minimum atomic E-state index is -3.98. The molecule has 0 spiro atoms. The lowest BCUT2D eigenvalue weighted by atomic mass is 10.2. The number of aliphatic hydroxyl groups excluding tert-OH is 1. The number of nitrogens with one attached hydrogen (secondary N) is 1. The molecule has 20 heavy (non-hydrogen) atoms. The Labute approximate surface area is 121 Å². The van der Waals surface area contributed by atoms with Gasteiger partial charge in [0.2, 0.25) is 10.0 Å². The van der Waals surface area contributed by atoms with Crippen LogP contribution in [0.4, 0.5) is 0 Å². The van der Waals surface area contributed by atoms with Gasteiger partial charge in [-0.25, -0.2) is 8.42 Å². The van der Waals surface area contributed by atoms with Gasteiger partial charge < -0.3 is 10.2 Å². The molecule has 0 heterocycles. The first-order chi connectivity index (χ1) is 9.21. The molecule has 0 amide bonds. The molecule has 0 saturated carbocycles. The summed E-state index contributed by atoms with van der Waals surface area (Å²) in [7, 11) is -3.98. The van der Waals surface area contributed by atoms with E-state index in [-0.39, 0.29) is 0 Å². The van der Waals surface area contributed by atoms with E-state index in [4.69, 9.17) is 16.7 Å². The predicted octanol–water partition coefficient (Wildman–Crippen LogP) is 1.06. The second kappa shape index (κ2) is 6.85. The Kier molecular flexibility index (Phi) is 5.70. The van der Waals surface area contributed by atoms with E-state index in [9.17, 15) is 18.3 Å². The van der Waals surface area contributed by atoms with Gasteiger partial charge in [-0.1, -0.05) is 23.7 Å². The minimum absolute atomic E-state index is 0.517. The molecule has 0 aromatic heterocycles. The Bertz CT molecular complexity index is 595. The van der Waals surface area contributed by atoms with Crippen molar-refractivity contribution < 1.29 is 23.4 Å². The fourth-order valence-corrected chi connectivity index (χ4v) is 2.51. The molecule has 0 aliphatic rings. The summed E-state index contributed by atoms with van der Waals surface area (Å²) in [5.74, 6) is -1.46. The highest BCUT2D eigenvalue weighted by Crippen LogP contribution is 2.11. The van der Waals surface area contributed by atoms with Crippen LogP contribution in [0.2, 0.25) is 5.02 Å². The van der Waals surface area contributed by atoms with E-state index >= 15 is 0 Å². The average molecular weight is 320 g/mol. The van der Waals surface area contributed by atoms with Crippen molar-refractivity contribution in [3.05, 3.63) is 40.3 Å². The number of carboxylic acids is 1. The summed E-state index contributed by atoms with van der Waals surface area (Å²) in [5, 5.41) is 19.4. The van der Waals surface area contributed by atoms with Crippen LogP contribution >= 0.6 is 11.6 Å². The van der Waals surface area contributed by atoms with Gasteiger partial charge in [0, 0.05) is 10.4 Å². The summed E-state index contributed by atoms with van der Waals surface area (Å²) in [6.07, 6.45) is -0.0641. The van der Waals surface area contributed by atoms with Crippen LogP contribution in [-0.2, 0) is 14.8 Å². The second-order valence-electron chi connectivity index (χ2n) is 4.07. The molecule has 1 aromatic carbocycles. The average Bonchev–Trinajstić information content (AvgIpc) is 2.35. The van der Waals surface area contributed by atoms with Gasteiger partial charge >= 0.3 is 5.97 Å². The lowest BCUT2D eigenvalue weighted by Gasteiger charge is -2.15. The van der Waals surface area contributed by atoms with Crippen LogP contribution in [-0.4, -0.2) is 36.7 Å². The van der Waals surface area contributed by atoms with Gasteiger partial charge in [-0.15, -0.1) is 0 Å². The summed E-state index contributed by atoms with van der Waals surface area (Å²) in [6, 6.07) is 4.80. The molecule has 0 radical (unpaired) electrons. The van der Waals surface area contributed by atoms with Gasteiger partial charge in [0.15, 0.2) is 0 Å². The number of hydrogen-bond acceptors (Lipinski definition) is 4. The lowest BCUT2D eigenvalue weighted by Crippen LogP contribution is -2.46. The van der Waals surface area contributed by atoms with Gasteiger partial charge in [-0.05, 0) is 30.7 Å². The fraction of sp³-hybridized carbons (Fsp3) is 0.250. The predicted molar refractivity (Wildman–Crippen MR) is 75.6 cm³/mol. The molecule has 110 valence electrons. The van der Waals surface area contributed by atoms with E-state index in [2.05, 4.69) is 0 Å². The maximum atomic E-state index is 11.7. The highest BCUT2D eigenvalue weighted by Gasteiger charge is 2.26. The molecule has 2 atom stereocenters. The van der Waals surface area contributed by atoms with Gasteiger partial charge in [-0.2, -0.15) is 4.72 Å². The van der Waals surface area contributed by atoms with Crippen molar-refractivity contribution in [1.82, 2.24) is 4.72 Å². The molecule has 3 N–H and O–H groups in total. The van der Waals surface area contributed by atoms with Crippen LogP contribution in [0.1, 0.15) is 12.5 Å². The van der Waals surface area contributed by atoms with E-state index in [1.165, 1.54) is 13.0 Å². The van der Waals surface area contributed by atoms with Crippen molar-refractivity contribution in [2.75, 3.05) is 0 Å². The van der Waals surface area contributed by atoms with Crippen molar-refractivity contribution in [1.29, 1.82) is 0 Å². The molecule has 0 aliphatic carbocycles. The molecule has 0 fully saturated rings. The van der Waals surface area contributed by atoms with Crippen molar-refractivity contribution in [2.24, 2.45) is 0 Å². The zero-order valence-corrected chi connectivity index (χ0v) is 12.1. The first-order valence-corrected chi connectivity index (χ1v) is 7.50. The summed E-state index contributed by atoms with van der Waals surface area (Å²) in [6.45, 7) is 1.18. The summed E-state index contributed by atoms with van der Waals surface area (Å²) < 4.78 is 25.3. The Morgan fingerprint density at radius 2 is 1.90 bits per heavy atom. The van der Waals surface area contributed by atoms with E-state index < -0.39 is 28.1 Å². The smallest absolute Gasteiger partial charge is 0.324 e. The number of benzene rings is 1. The molecule has 0 saturated heterocycles. The normalized spacial score (nSPS) is 15.2. The summed E-state index contributed by atoms with van der Waals surface area (Å²) in [4.78, 5) is 10.8. The molecule has 1 rings (SSSR count). The first-order valence-electron chi connectivity index (χ1n) is 5.58. The summed E-state index contributed by atoms with van der Waals surface area (Å²) >= 11 is 5.69. The van der Waals surface area contributed by atoms with Crippen molar-refractivity contribution in [3.8, 4) is 0 Å². The maximum Gasteiger partial charge on any atom is 0.324 e. The minimum Gasteiger partial charge on any atom is -0.480 e. The van der Waals surface area contributed by atoms with Crippen molar-refractivity contribution in [2.45, 2.75) is 19.1 Å². The Hall–Kier alpha value is -1.41. The van der Waals surface area contributed by atoms with Crippen molar-refractivity contribution in [3.63, 3.8) is 0 Å². The second-order valence-corrected chi connectivity index (χ2v) is 6.11. The number of halogens is 1. The van der Waals surface area contributed by atoms with Gasteiger partial charge in [0.05, 0.1) is 6.10 Å². The fourth-order valence-electron chi connectivity index (χ4n) is 1.31. The van der Waals surface area contributed by atoms with Crippen LogP contribution in [0, 0.1) is 0 Å². The van der Waals surface area contributed by atoms with Gasteiger partial charge in [0.25, 0.3) is 0 Å². The van der Waals surface area contributed by atoms with Crippen LogP contribution < -0.4 is 4.72 Å². The molecule has 1 aromatic rings. The monoisotopic (exact) mass is 319 g/mol. The van der Waals surface area contributed by atoms with Gasteiger partial charge in [-0.3, -0.25) is 4.79 Å². The third-order valence-electron chi connectivity index (χ3n) is 2.35. The first kappa shape index (κ1) is 16.6. The Morgan fingerprint density at radius 1 is 1.35 bits per heavy atom. The van der Waals surface area contributed by atoms with Gasteiger partial charge in [0.1, 0.15) is 6.04 Å². The van der Waals surface area contributed by atoms with Crippen molar-refractivity contribution >= 4 is 33.7 Å². The van der Waals surface area contributed by atoms with Crippen LogP contribution in [0.25, 0.3) is 6.08 Å². The third kappa shape index (κ3) is 5.30. The quantitative estimate of drug-likeness (QED) is 0.727. The van der Waals surface area contributed by atoms with E-state index in [1.54, 1.807) is 24.3 Å². The Morgan fingerprint density at radius 3 is 2.35 bits per heavy atom. The largest absolute Gasteiger partial charge is 0.480 e. The summed E-state index contributed by atoms with van der Waals surface area (Å²) in [5.41, 5.74) is 0.587. The molecule has 6 nitrogen and oxygen atoms in total. The highest BCUT2D eigenvalue weighted by molar-refractivity contribution is 7.92. The number of carbonyl (C=O) groups is 1. The zero-order valence-electron chi connectivity index (χ0n) is 10.5. The topological polar surface area (TPSA) is 104 Å². The van der Waals surface area contributed by atoms with Crippen LogP contribution in [0.5, 0.6) is 0 Å². The number of sulfonamides is 1. The molecular weight excluding hydrogens is 306 g/mol. The van der Waals surface area contributed by atoms with E-state index in [1.807, 2.05) is 4.72 Å². The molecular formula is C12H14ClNO5S. The number of rotatable bonds is 6. The SMILES string of the molecule is CC(O)C(NS(=O)(=O)/C=C/c1ccc(Cl)cc1)C(=O)O. The molecule has 0 aliphatic heterocycles. The zero-order chi connectivity index (χ0) is 15.3. The molecule has 0 bridgehead atoms.